The molecule has 3 rings (SSSR count). The van der Waals surface area contributed by atoms with Crippen molar-refractivity contribution in [3.8, 4) is 0 Å². The van der Waals surface area contributed by atoms with Gasteiger partial charge in [-0.2, -0.15) is 0 Å². The van der Waals surface area contributed by atoms with Gasteiger partial charge in [-0.25, -0.2) is 13.2 Å². The molecular formula is C18H14F3N3O2. The second kappa shape index (κ2) is 7.38. The molecule has 0 saturated carbocycles. The standard InChI is InChI=1S/C18H14F3N3O2/c1-10-23-24-18(26-10)14(9-11-5-3-2-4-6-11)22-17(25)12-7-8-13(19)16(21)15(12)20/h2-8,14H,9H2,1H3,(H,22,25). The summed E-state index contributed by atoms with van der Waals surface area (Å²) in [5.74, 6) is -5.12. The number of carbonyl (C=O) groups is 1. The number of aryl methyl sites for hydroxylation is 1. The summed E-state index contributed by atoms with van der Waals surface area (Å²) < 4.78 is 45.7. The van der Waals surface area contributed by atoms with Crippen molar-refractivity contribution in [3.63, 3.8) is 0 Å². The molecule has 1 N–H and O–H groups in total. The SMILES string of the molecule is Cc1nnc(C(Cc2ccccc2)NC(=O)c2ccc(F)c(F)c2F)o1. The molecule has 1 unspecified atom stereocenters. The summed E-state index contributed by atoms with van der Waals surface area (Å²) in [5, 5.41) is 10.1. The van der Waals surface area contributed by atoms with Crippen molar-refractivity contribution >= 4 is 5.91 Å². The van der Waals surface area contributed by atoms with Crippen LogP contribution in [0.3, 0.4) is 0 Å². The lowest BCUT2D eigenvalue weighted by Gasteiger charge is -2.16. The Morgan fingerprint density at radius 2 is 1.81 bits per heavy atom. The van der Waals surface area contributed by atoms with Crippen molar-refractivity contribution in [3.05, 3.63) is 82.8 Å². The molecule has 1 atom stereocenters. The zero-order valence-electron chi connectivity index (χ0n) is 13.7. The fraction of sp³-hybridized carbons (Fsp3) is 0.167. The van der Waals surface area contributed by atoms with E-state index in [-0.39, 0.29) is 5.89 Å². The molecule has 8 heteroatoms. The third-order valence-corrected chi connectivity index (χ3v) is 3.71. The normalized spacial score (nSPS) is 12.0. The summed E-state index contributed by atoms with van der Waals surface area (Å²) in [5.41, 5.74) is 0.248. The zero-order chi connectivity index (χ0) is 18.7. The van der Waals surface area contributed by atoms with E-state index in [2.05, 4.69) is 15.5 Å². The lowest BCUT2D eigenvalue weighted by Crippen LogP contribution is -2.31. The van der Waals surface area contributed by atoms with Crippen molar-refractivity contribution < 1.29 is 22.4 Å². The first-order valence-electron chi connectivity index (χ1n) is 7.74. The third-order valence-electron chi connectivity index (χ3n) is 3.71. The molecule has 2 aromatic carbocycles. The Hall–Kier alpha value is -3.16. The molecule has 0 aliphatic carbocycles. The fourth-order valence-corrected chi connectivity index (χ4v) is 2.44. The lowest BCUT2D eigenvalue weighted by molar-refractivity contribution is 0.0924. The molecule has 0 aliphatic heterocycles. The molecule has 3 aromatic rings. The highest BCUT2D eigenvalue weighted by Crippen LogP contribution is 2.20. The first-order chi connectivity index (χ1) is 12.5. The van der Waals surface area contributed by atoms with Crippen LogP contribution in [0.4, 0.5) is 13.2 Å². The maximum Gasteiger partial charge on any atom is 0.255 e. The van der Waals surface area contributed by atoms with Crippen LogP contribution in [0.5, 0.6) is 0 Å². The number of amides is 1. The molecule has 1 heterocycles. The summed E-state index contributed by atoms with van der Waals surface area (Å²) in [6.07, 6.45) is 0.291. The van der Waals surface area contributed by atoms with E-state index in [9.17, 15) is 18.0 Å². The van der Waals surface area contributed by atoms with Crippen LogP contribution in [0.1, 0.15) is 33.7 Å². The number of carbonyl (C=O) groups excluding carboxylic acids is 1. The van der Waals surface area contributed by atoms with Crippen LogP contribution in [0.25, 0.3) is 0 Å². The van der Waals surface area contributed by atoms with Crippen LogP contribution in [-0.4, -0.2) is 16.1 Å². The Morgan fingerprint density at radius 3 is 2.46 bits per heavy atom. The number of hydrogen-bond acceptors (Lipinski definition) is 4. The zero-order valence-corrected chi connectivity index (χ0v) is 13.7. The van der Waals surface area contributed by atoms with Gasteiger partial charge in [0.2, 0.25) is 11.8 Å². The van der Waals surface area contributed by atoms with Gasteiger partial charge in [-0.15, -0.1) is 10.2 Å². The Morgan fingerprint density at radius 1 is 1.08 bits per heavy atom. The van der Waals surface area contributed by atoms with Crippen molar-refractivity contribution in [2.75, 3.05) is 0 Å². The van der Waals surface area contributed by atoms with Crippen LogP contribution >= 0.6 is 0 Å². The number of rotatable bonds is 5. The predicted molar refractivity (Wildman–Crippen MR) is 85.7 cm³/mol. The van der Waals surface area contributed by atoms with Crippen LogP contribution in [0, 0.1) is 24.4 Å². The molecule has 134 valence electrons. The maximum atomic E-state index is 13.9. The summed E-state index contributed by atoms with van der Waals surface area (Å²) >= 11 is 0. The van der Waals surface area contributed by atoms with Gasteiger partial charge in [0.15, 0.2) is 17.5 Å². The molecule has 0 radical (unpaired) electrons. The van der Waals surface area contributed by atoms with Gasteiger partial charge in [0.25, 0.3) is 5.91 Å². The minimum Gasteiger partial charge on any atom is -0.423 e. The second-order valence-electron chi connectivity index (χ2n) is 5.60. The average Bonchev–Trinajstić information content (AvgIpc) is 3.06. The van der Waals surface area contributed by atoms with Gasteiger partial charge in [-0.05, 0) is 17.7 Å². The van der Waals surface area contributed by atoms with Crippen molar-refractivity contribution in [2.45, 2.75) is 19.4 Å². The molecule has 5 nitrogen and oxygen atoms in total. The third kappa shape index (κ3) is 3.74. The first kappa shape index (κ1) is 17.7. The first-order valence-corrected chi connectivity index (χ1v) is 7.74. The molecule has 1 amide bonds. The minimum atomic E-state index is -1.70. The predicted octanol–water partition coefficient (Wildman–Crippen LogP) is 3.51. The van der Waals surface area contributed by atoms with Crippen LogP contribution in [0.2, 0.25) is 0 Å². The number of halogens is 3. The average molecular weight is 361 g/mol. The highest BCUT2D eigenvalue weighted by Gasteiger charge is 2.25. The van der Waals surface area contributed by atoms with Gasteiger partial charge in [-0.3, -0.25) is 4.79 Å². The molecule has 0 aliphatic rings. The van der Waals surface area contributed by atoms with E-state index in [1.807, 2.05) is 30.3 Å². The molecule has 0 fully saturated rings. The Kier molecular flexibility index (Phi) is 5.01. The summed E-state index contributed by atoms with van der Waals surface area (Å²) in [6, 6.07) is 9.95. The van der Waals surface area contributed by atoms with E-state index < -0.39 is 35.0 Å². The number of nitrogens with one attached hydrogen (secondary N) is 1. The Labute approximate surface area is 146 Å². The van der Waals surface area contributed by atoms with Crippen LogP contribution < -0.4 is 5.32 Å². The number of aromatic nitrogens is 2. The van der Waals surface area contributed by atoms with Crippen LogP contribution in [-0.2, 0) is 6.42 Å². The van der Waals surface area contributed by atoms with Gasteiger partial charge in [0.05, 0.1) is 5.56 Å². The molecule has 0 saturated heterocycles. The molecule has 1 aromatic heterocycles. The fourth-order valence-electron chi connectivity index (χ4n) is 2.44. The van der Waals surface area contributed by atoms with E-state index in [0.29, 0.717) is 18.4 Å². The maximum absolute atomic E-state index is 13.9. The monoisotopic (exact) mass is 361 g/mol. The Balaban J connectivity index is 1.88. The Bertz CT molecular complexity index is 929. The molecular weight excluding hydrogens is 347 g/mol. The summed E-state index contributed by atoms with van der Waals surface area (Å²) in [4.78, 5) is 12.4. The van der Waals surface area contributed by atoms with E-state index >= 15 is 0 Å². The summed E-state index contributed by atoms with van der Waals surface area (Å²) in [7, 11) is 0. The topological polar surface area (TPSA) is 68.0 Å². The van der Waals surface area contributed by atoms with Crippen LogP contribution in [0.15, 0.2) is 46.9 Å². The van der Waals surface area contributed by atoms with Crippen molar-refractivity contribution in [1.82, 2.24) is 15.5 Å². The van der Waals surface area contributed by atoms with Gasteiger partial charge < -0.3 is 9.73 Å². The lowest BCUT2D eigenvalue weighted by atomic mass is 10.1. The summed E-state index contributed by atoms with van der Waals surface area (Å²) in [6.45, 7) is 1.59. The highest BCUT2D eigenvalue weighted by atomic mass is 19.2. The molecule has 0 bridgehead atoms. The number of nitrogens with zero attached hydrogens (tertiary/aromatic N) is 2. The highest BCUT2D eigenvalue weighted by molar-refractivity contribution is 5.94. The minimum absolute atomic E-state index is 0.127. The number of hydrogen-bond donors (Lipinski definition) is 1. The number of benzene rings is 2. The van der Waals surface area contributed by atoms with Gasteiger partial charge in [0.1, 0.15) is 6.04 Å². The van der Waals surface area contributed by atoms with Gasteiger partial charge >= 0.3 is 0 Å². The molecule has 0 spiro atoms. The van der Waals surface area contributed by atoms with Gasteiger partial charge in [-0.1, -0.05) is 30.3 Å². The molecule has 26 heavy (non-hydrogen) atoms. The smallest absolute Gasteiger partial charge is 0.255 e. The van der Waals surface area contributed by atoms with Crippen molar-refractivity contribution in [1.29, 1.82) is 0 Å². The van der Waals surface area contributed by atoms with Gasteiger partial charge in [0, 0.05) is 13.3 Å². The van der Waals surface area contributed by atoms with E-state index in [1.54, 1.807) is 6.92 Å². The van der Waals surface area contributed by atoms with E-state index in [0.717, 1.165) is 11.6 Å². The van der Waals surface area contributed by atoms with E-state index in [4.69, 9.17) is 4.42 Å². The quantitative estimate of drug-likeness (QED) is 0.706. The largest absolute Gasteiger partial charge is 0.423 e. The van der Waals surface area contributed by atoms with E-state index in [1.165, 1.54) is 0 Å². The van der Waals surface area contributed by atoms with Crippen molar-refractivity contribution in [2.24, 2.45) is 0 Å². The second-order valence-corrected chi connectivity index (χ2v) is 5.60.